The molecule has 2 nitrogen and oxygen atoms in total. The largest absolute Gasteiger partial charge is 0.593 e. The molecule has 1 aromatic carbocycles. The summed E-state index contributed by atoms with van der Waals surface area (Å²) < 4.78 is 13.4. The molecule has 0 heterocycles. The molecule has 0 aliphatic heterocycles. The van der Waals surface area contributed by atoms with E-state index < -0.39 is 11.4 Å². The summed E-state index contributed by atoms with van der Waals surface area (Å²) in [5, 5.41) is 0. The number of aryl methyl sites for hydroxylation is 1. The molecule has 1 atom stereocenters. The van der Waals surface area contributed by atoms with Crippen LogP contribution in [0.1, 0.15) is 12.5 Å². The maximum Gasteiger partial charge on any atom is 0.174 e. The third-order valence-electron chi connectivity index (χ3n) is 1.84. The average molecular weight is 197 g/mol. The zero-order chi connectivity index (χ0) is 9.84. The lowest BCUT2D eigenvalue weighted by molar-refractivity contribution is 0.520. The second-order valence-electron chi connectivity index (χ2n) is 3.06. The van der Waals surface area contributed by atoms with Crippen molar-refractivity contribution in [3.05, 3.63) is 29.8 Å². The summed E-state index contributed by atoms with van der Waals surface area (Å²) in [6.07, 6.45) is 0.985. The molecule has 0 amide bonds. The monoisotopic (exact) mass is 197 g/mol. The Morgan fingerprint density at radius 2 is 2.08 bits per heavy atom. The second-order valence-corrected chi connectivity index (χ2v) is 4.76. The summed E-state index contributed by atoms with van der Waals surface area (Å²) in [5.74, 6) is 0. The number of benzene rings is 1. The molecular weight excluding hydrogens is 182 g/mol. The lowest BCUT2D eigenvalue weighted by atomic mass is 10.2. The van der Waals surface area contributed by atoms with E-state index in [-0.39, 0.29) is 0 Å². The summed E-state index contributed by atoms with van der Waals surface area (Å²) in [5.41, 5.74) is 1.23. The number of nitrogens with zero attached hydrogens (tertiary/aromatic N) is 1. The van der Waals surface area contributed by atoms with Crippen LogP contribution < -0.4 is 0 Å². The molecule has 0 spiro atoms. The highest BCUT2D eigenvalue weighted by Crippen LogP contribution is 2.14. The summed E-state index contributed by atoms with van der Waals surface area (Å²) in [6.45, 7) is 2.09. The Labute approximate surface area is 82.9 Å². The molecule has 3 heteroatoms. The first-order valence-electron chi connectivity index (χ1n) is 4.33. The molecule has 0 aromatic heterocycles. The third kappa shape index (κ3) is 2.72. The van der Waals surface area contributed by atoms with Crippen LogP contribution >= 0.6 is 0 Å². The van der Waals surface area contributed by atoms with Crippen molar-refractivity contribution >= 4 is 11.4 Å². The minimum Gasteiger partial charge on any atom is -0.593 e. The van der Waals surface area contributed by atoms with Gasteiger partial charge in [0, 0.05) is 14.1 Å². The molecule has 0 bridgehead atoms. The first kappa shape index (κ1) is 10.6. The van der Waals surface area contributed by atoms with Crippen molar-refractivity contribution in [2.24, 2.45) is 0 Å². The predicted molar refractivity (Wildman–Crippen MR) is 55.9 cm³/mol. The Morgan fingerprint density at radius 1 is 1.38 bits per heavy atom. The molecule has 13 heavy (non-hydrogen) atoms. The summed E-state index contributed by atoms with van der Waals surface area (Å²) in [6, 6.07) is 7.90. The summed E-state index contributed by atoms with van der Waals surface area (Å²) >= 11 is -1.01. The zero-order valence-corrected chi connectivity index (χ0v) is 9.10. The van der Waals surface area contributed by atoms with E-state index in [9.17, 15) is 4.55 Å². The fourth-order valence-corrected chi connectivity index (χ4v) is 1.95. The fraction of sp³-hybridized carbons (Fsp3) is 0.400. The smallest absolute Gasteiger partial charge is 0.174 e. The van der Waals surface area contributed by atoms with Crippen LogP contribution in [0, 0.1) is 0 Å². The van der Waals surface area contributed by atoms with Gasteiger partial charge >= 0.3 is 0 Å². The number of hydrogen-bond acceptors (Lipinski definition) is 2. The van der Waals surface area contributed by atoms with Crippen molar-refractivity contribution < 1.29 is 4.55 Å². The lowest BCUT2D eigenvalue weighted by Crippen LogP contribution is -2.22. The van der Waals surface area contributed by atoms with Gasteiger partial charge in [0.1, 0.15) is 0 Å². The molecule has 0 fully saturated rings. The van der Waals surface area contributed by atoms with Crippen LogP contribution in [-0.4, -0.2) is 23.0 Å². The van der Waals surface area contributed by atoms with E-state index in [0.717, 1.165) is 11.3 Å². The zero-order valence-electron chi connectivity index (χ0n) is 8.28. The highest BCUT2D eigenvalue weighted by atomic mass is 32.2. The number of hydrogen-bond donors (Lipinski definition) is 0. The second kappa shape index (κ2) is 4.65. The van der Waals surface area contributed by atoms with Gasteiger partial charge in [-0.1, -0.05) is 19.1 Å². The Balaban J connectivity index is 2.88. The van der Waals surface area contributed by atoms with Gasteiger partial charge in [-0.3, -0.25) is 0 Å². The van der Waals surface area contributed by atoms with Gasteiger partial charge in [-0.15, -0.1) is 4.31 Å². The predicted octanol–water partition coefficient (Wildman–Crippen LogP) is 1.83. The van der Waals surface area contributed by atoms with Crippen molar-refractivity contribution in [3.63, 3.8) is 0 Å². The van der Waals surface area contributed by atoms with Gasteiger partial charge in [0.15, 0.2) is 4.90 Å². The maximum absolute atomic E-state index is 11.6. The van der Waals surface area contributed by atoms with Crippen LogP contribution in [0.5, 0.6) is 0 Å². The molecule has 1 rings (SSSR count). The molecule has 1 aromatic rings. The summed E-state index contributed by atoms with van der Waals surface area (Å²) in [4.78, 5) is 0.879. The fourth-order valence-electron chi connectivity index (χ4n) is 1.08. The molecule has 72 valence electrons. The molecule has 0 N–H and O–H groups in total. The van der Waals surface area contributed by atoms with Gasteiger partial charge in [0.05, 0.1) is 11.4 Å². The molecule has 0 saturated carbocycles. The van der Waals surface area contributed by atoms with Crippen LogP contribution in [-0.2, 0) is 17.8 Å². The molecule has 0 radical (unpaired) electrons. The Hall–Kier alpha value is -0.510. The maximum atomic E-state index is 11.6. The van der Waals surface area contributed by atoms with Gasteiger partial charge in [0.2, 0.25) is 0 Å². The molecular formula is C10H15NOS. The van der Waals surface area contributed by atoms with E-state index in [2.05, 4.69) is 13.0 Å². The third-order valence-corrected chi connectivity index (χ3v) is 3.16. The first-order chi connectivity index (χ1) is 6.15. The molecule has 0 saturated heterocycles. The van der Waals surface area contributed by atoms with Crippen LogP contribution in [0.25, 0.3) is 0 Å². The van der Waals surface area contributed by atoms with E-state index >= 15 is 0 Å². The van der Waals surface area contributed by atoms with Crippen molar-refractivity contribution in [2.45, 2.75) is 18.2 Å². The van der Waals surface area contributed by atoms with Crippen LogP contribution in [0.3, 0.4) is 0 Å². The topological polar surface area (TPSA) is 26.3 Å². The van der Waals surface area contributed by atoms with Crippen molar-refractivity contribution in [1.29, 1.82) is 0 Å². The van der Waals surface area contributed by atoms with E-state index in [1.807, 2.05) is 32.3 Å². The normalized spacial score (nSPS) is 13.3. The molecule has 1 unspecified atom stereocenters. The Kier molecular flexibility index (Phi) is 3.78. The first-order valence-corrected chi connectivity index (χ1v) is 5.44. The standard InChI is InChI=1S/C10H15NOS/c1-4-9-6-5-7-10(8-9)13(12)11(2)3/h5-8H,4H2,1-3H3. The van der Waals surface area contributed by atoms with Crippen molar-refractivity contribution in [2.75, 3.05) is 14.1 Å². The highest BCUT2D eigenvalue weighted by Gasteiger charge is 2.13. The van der Waals surface area contributed by atoms with E-state index in [1.165, 1.54) is 5.56 Å². The van der Waals surface area contributed by atoms with Crippen LogP contribution in [0.4, 0.5) is 0 Å². The summed E-state index contributed by atoms with van der Waals surface area (Å²) in [7, 11) is 3.63. The minimum absolute atomic E-state index is 0.879. The SMILES string of the molecule is CCc1cccc([S+]([O-])N(C)C)c1. The van der Waals surface area contributed by atoms with E-state index in [0.29, 0.717) is 0 Å². The van der Waals surface area contributed by atoms with E-state index in [4.69, 9.17) is 0 Å². The molecule has 0 aliphatic carbocycles. The van der Waals surface area contributed by atoms with Crippen molar-refractivity contribution in [3.8, 4) is 0 Å². The minimum atomic E-state index is -1.01. The Bertz CT molecular complexity index is 275. The van der Waals surface area contributed by atoms with Crippen molar-refractivity contribution in [1.82, 2.24) is 4.31 Å². The van der Waals surface area contributed by atoms with Gasteiger partial charge in [0.25, 0.3) is 0 Å². The van der Waals surface area contributed by atoms with Gasteiger partial charge in [-0.05, 0) is 24.1 Å². The Morgan fingerprint density at radius 3 is 2.62 bits per heavy atom. The van der Waals surface area contributed by atoms with E-state index in [1.54, 1.807) is 4.31 Å². The quantitative estimate of drug-likeness (QED) is 0.691. The van der Waals surface area contributed by atoms with Gasteiger partial charge < -0.3 is 4.55 Å². The molecule has 0 aliphatic rings. The van der Waals surface area contributed by atoms with Gasteiger partial charge in [-0.25, -0.2) is 0 Å². The van der Waals surface area contributed by atoms with Crippen LogP contribution in [0.2, 0.25) is 0 Å². The lowest BCUT2D eigenvalue weighted by Gasteiger charge is -2.15. The van der Waals surface area contributed by atoms with Crippen LogP contribution in [0.15, 0.2) is 29.2 Å². The highest BCUT2D eigenvalue weighted by molar-refractivity contribution is 7.89. The van der Waals surface area contributed by atoms with Gasteiger partial charge in [-0.2, -0.15) is 0 Å². The number of rotatable bonds is 3. The average Bonchev–Trinajstić information content (AvgIpc) is 2.16.